The monoisotopic (exact) mass is 472 g/mol. The summed E-state index contributed by atoms with van der Waals surface area (Å²) in [6.07, 6.45) is 5.78. The first-order chi connectivity index (χ1) is 16.9. The zero-order chi connectivity index (χ0) is 24.5. The molecule has 1 amide bonds. The van der Waals surface area contributed by atoms with E-state index in [1.54, 1.807) is 36.4 Å². The third-order valence-corrected chi connectivity index (χ3v) is 6.33. The van der Waals surface area contributed by atoms with E-state index in [0.717, 1.165) is 41.7 Å². The molecular formula is C25H20N4O6. The number of nitrogens with zero attached hydrogens (tertiary/aromatic N) is 4. The number of carbonyl (C=O) groups excluding carboxylic acids is 1. The van der Waals surface area contributed by atoms with Crippen LogP contribution in [0.4, 0.5) is 11.4 Å². The van der Waals surface area contributed by atoms with Crippen LogP contribution in [0.2, 0.25) is 0 Å². The highest BCUT2D eigenvalue weighted by Crippen LogP contribution is 2.45. The standard InChI is InChI=1S/C25H20N4O6/c30-25(22-5-2-14-35-22)27-24(17-8-12-20(13-9-17)29(33)34)21-4-1-3-18(23(21)26-27)15-16-6-10-19(11-7-16)28(31)32/h2,5-15,21,24H,1,3-4H2/b18-15+/t21-,24+/m0/s1. The summed E-state index contributed by atoms with van der Waals surface area (Å²) in [6, 6.07) is 15.2. The molecule has 1 fully saturated rings. The third kappa shape index (κ3) is 4.21. The molecule has 5 rings (SSSR count). The lowest BCUT2D eigenvalue weighted by Crippen LogP contribution is -2.31. The van der Waals surface area contributed by atoms with E-state index >= 15 is 0 Å². The first-order valence-electron chi connectivity index (χ1n) is 11.1. The number of allylic oxidation sites excluding steroid dienone is 1. The maximum Gasteiger partial charge on any atom is 0.310 e. The number of furan rings is 1. The number of amides is 1. The Balaban J connectivity index is 1.54. The topological polar surface area (TPSA) is 132 Å². The molecule has 0 saturated heterocycles. The van der Waals surface area contributed by atoms with Gasteiger partial charge in [0.25, 0.3) is 11.4 Å². The van der Waals surface area contributed by atoms with E-state index in [2.05, 4.69) is 0 Å². The second-order valence-corrected chi connectivity index (χ2v) is 8.42. The van der Waals surface area contributed by atoms with E-state index in [0.29, 0.717) is 0 Å². The fraction of sp³-hybridized carbons (Fsp3) is 0.200. The van der Waals surface area contributed by atoms with Crippen LogP contribution in [0.5, 0.6) is 0 Å². The van der Waals surface area contributed by atoms with Gasteiger partial charge in [-0.15, -0.1) is 0 Å². The lowest BCUT2D eigenvalue weighted by atomic mass is 9.77. The fourth-order valence-electron chi connectivity index (χ4n) is 4.70. The normalized spacial score (nSPS) is 20.4. The first-order valence-corrected chi connectivity index (χ1v) is 11.1. The van der Waals surface area contributed by atoms with E-state index in [4.69, 9.17) is 9.52 Å². The molecule has 2 aliphatic rings. The molecule has 0 spiro atoms. The lowest BCUT2D eigenvalue weighted by Gasteiger charge is -2.29. The minimum atomic E-state index is -0.461. The molecule has 2 heterocycles. The number of nitro benzene ring substituents is 2. The molecule has 10 heteroatoms. The number of non-ortho nitro benzene ring substituents is 2. The van der Waals surface area contributed by atoms with Crippen LogP contribution >= 0.6 is 0 Å². The molecule has 10 nitrogen and oxygen atoms in total. The summed E-state index contributed by atoms with van der Waals surface area (Å²) < 4.78 is 5.33. The minimum Gasteiger partial charge on any atom is -0.459 e. The van der Waals surface area contributed by atoms with Crippen LogP contribution in [-0.4, -0.2) is 26.5 Å². The van der Waals surface area contributed by atoms with Gasteiger partial charge in [0.2, 0.25) is 0 Å². The number of hydrogen-bond acceptors (Lipinski definition) is 7. The van der Waals surface area contributed by atoms with Crippen molar-refractivity contribution in [1.82, 2.24) is 5.01 Å². The Morgan fingerprint density at radius 2 is 1.66 bits per heavy atom. The van der Waals surface area contributed by atoms with E-state index in [1.807, 2.05) is 6.08 Å². The molecule has 0 radical (unpaired) electrons. The number of benzene rings is 2. The van der Waals surface area contributed by atoms with Gasteiger partial charge in [-0.25, -0.2) is 5.01 Å². The average Bonchev–Trinajstić information content (AvgIpc) is 3.53. The first kappa shape index (κ1) is 22.2. The van der Waals surface area contributed by atoms with Crippen molar-refractivity contribution in [3.05, 3.63) is 110 Å². The number of fused-ring (bicyclic) bond motifs is 1. The molecule has 2 aromatic carbocycles. The molecular weight excluding hydrogens is 452 g/mol. The maximum absolute atomic E-state index is 13.3. The van der Waals surface area contributed by atoms with Crippen LogP contribution in [0.1, 0.15) is 47.0 Å². The number of carbonyl (C=O) groups is 1. The van der Waals surface area contributed by atoms with Crippen molar-refractivity contribution in [3.8, 4) is 0 Å². The van der Waals surface area contributed by atoms with Gasteiger partial charge < -0.3 is 4.42 Å². The number of nitro groups is 2. The second-order valence-electron chi connectivity index (χ2n) is 8.42. The van der Waals surface area contributed by atoms with Gasteiger partial charge in [-0.1, -0.05) is 12.1 Å². The number of hydrogen-bond donors (Lipinski definition) is 0. The molecule has 1 saturated carbocycles. The van der Waals surface area contributed by atoms with E-state index in [-0.39, 0.29) is 23.1 Å². The second kappa shape index (κ2) is 8.98. The fourth-order valence-corrected chi connectivity index (χ4v) is 4.70. The number of rotatable bonds is 5. The molecule has 0 bridgehead atoms. The minimum absolute atomic E-state index is 0.0142. The van der Waals surface area contributed by atoms with Crippen LogP contribution in [0.3, 0.4) is 0 Å². The van der Waals surface area contributed by atoms with Gasteiger partial charge in [-0.05, 0) is 66.3 Å². The summed E-state index contributed by atoms with van der Waals surface area (Å²) in [5, 5.41) is 28.2. The van der Waals surface area contributed by atoms with Crippen molar-refractivity contribution >= 4 is 29.1 Å². The van der Waals surface area contributed by atoms with Gasteiger partial charge in [0.1, 0.15) is 0 Å². The molecule has 1 aromatic heterocycles. The predicted octanol–water partition coefficient (Wildman–Crippen LogP) is 5.53. The van der Waals surface area contributed by atoms with E-state index in [1.165, 1.54) is 35.5 Å². The smallest absolute Gasteiger partial charge is 0.310 e. The summed E-state index contributed by atoms with van der Waals surface area (Å²) in [4.78, 5) is 34.5. The van der Waals surface area contributed by atoms with Gasteiger partial charge in [-0.2, -0.15) is 5.10 Å². The van der Waals surface area contributed by atoms with Crippen molar-refractivity contribution in [1.29, 1.82) is 0 Å². The van der Waals surface area contributed by atoms with E-state index in [9.17, 15) is 25.0 Å². The van der Waals surface area contributed by atoms with Crippen molar-refractivity contribution in [2.75, 3.05) is 0 Å². The molecule has 3 aromatic rings. The number of hydrazone groups is 1. The van der Waals surface area contributed by atoms with Gasteiger partial charge in [0, 0.05) is 30.2 Å². The molecule has 0 unspecified atom stereocenters. The Labute approximate surface area is 199 Å². The van der Waals surface area contributed by atoms with Crippen molar-refractivity contribution in [2.45, 2.75) is 25.3 Å². The Kier molecular flexibility index (Phi) is 5.69. The zero-order valence-corrected chi connectivity index (χ0v) is 18.4. The quantitative estimate of drug-likeness (QED) is 0.354. The highest BCUT2D eigenvalue weighted by molar-refractivity contribution is 6.09. The van der Waals surface area contributed by atoms with Crippen LogP contribution in [0.15, 0.2) is 82.0 Å². The molecule has 2 atom stereocenters. The summed E-state index contributed by atoms with van der Waals surface area (Å²) in [5.41, 5.74) is 3.27. The molecule has 176 valence electrons. The van der Waals surface area contributed by atoms with Gasteiger partial charge in [0.05, 0.1) is 27.9 Å². The summed E-state index contributed by atoms with van der Waals surface area (Å²) in [5.74, 6) is -0.343. The average molecular weight is 472 g/mol. The summed E-state index contributed by atoms with van der Waals surface area (Å²) in [6.45, 7) is 0. The van der Waals surface area contributed by atoms with Gasteiger partial charge >= 0.3 is 5.91 Å². The molecule has 35 heavy (non-hydrogen) atoms. The van der Waals surface area contributed by atoms with Crippen LogP contribution in [-0.2, 0) is 0 Å². The van der Waals surface area contributed by atoms with E-state index < -0.39 is 21.8 Å². The van der Waals surface area contributed by atoms with Crippen LogP contribution < -0.4 is 0 Å². The van der Waals surface area contributed by atoms with Crippen LogP contribution in [0, 0.1) is 26.1 Å². The predicted molar refractivity (Wildman–Crippen MR) is 127 cm³/mol. The van der Waals surface area contributed by atoms with Crippen molar-refractivity contribution in [3.63, 3.8) is 0 Å². The molecule has 1 aliphatic carbocycles. The Bertz CT molecular complexity index is 1340. The van der Waals surface area contributed by atoms with Crippen molar-refractivity contribution in [2.24, 2.45) is 11.0 Å². The largest absolute Gasteiger partial charge is 0.459 e. The van der Waals surface area contributed by atoms with Gasteiger partial charge in [0.15, 0.2) is 5.76 Å². The Morgan fingerprint density at radius 3 is 2.26 bits per heavy atom. The highest BCUT2D eigenvalue weighted by atomic mass is 16.6. The van der Waals surface area contributed by atoms with Crippen molar-refractivity contribution < 1.29 is 19.1 Å². The molecule has 1 aliphatic heterocycles. The summed E-state index contributed by atoms with van der Waals surface area (Å²) in [7, 11) is 0. The highest BCUT2D eigenvalue weighted by Gasteiger charge is 2.44. The lowest BCUT2D eigenvalue weighted by molar-refractivity contribution is -0.385. The maximum atomic E-state index is 13.3. The summed E-state index contributed by atoms with van der Waals surface area (Å²) >= 11 is 0. The SMILES string of the molecule is O=C(c1ccco1)N1N=C2/C(=C/c3ccc([N+](=O)[O-])cc3)CCC[C@@H]2[C@H]1c1ccc([N+](=O)[O-])cc1. The Morgan fingerprint density at radius 1 is 1.00 bits per heavy atom. The third-order valence-electron chi connectivity index (χ3n) is 6.33. The Hall–Kier alpha value is -4.60. The zero-order valence-electron chi connectivity index (χ0n) is 18.4. The van der Waals surface area contributed by atoms with Gasteiger partial charge in [-0.3, -0.25) is 25.0 Å². The van der Waals surface area contributed by atoms with Crippen LogP contribution in [0.25, 0.3) is 6.08 Å². The molecule has 0 N–H and O–H groups in total.